The monoisotopic (exact) mass is 355 g/mol. The topological polar surface area (TPSA) is 38.2 Å². The Hall–Kier alpha value is -1.74. The van der Waals surface area contributed by atoms with E-state index in [0.29, 0.717) is 12.8 Å². The van der Waals surface area contributed by atoms with Crippen molar-refractivity contribution in [3.05, 3.63) is 11.9 Å². The summed E-state index contributed by atoms with van der Waals surface area (Å²) < 4.78 is 82.3. The van der Waals surface area contributed by atoms with Crippen LogP contribution in [0.25, 0.3) is 0 Å². The molecule has 1 saturated heterocycles. The van der Waals surface area contributed by atoms with Gasteiger partial charge in [-0.05, 0) is 12.8 Å². The van der Waals surface area contributed by atoms with Gasteiger partial charge in [0, 0.05) is 24.9 Å². The van der Waals surface area contributed by atoms with Gasteiger partial charge in [0.15, 0.2) is 12.3 Å². The van der Waals surface area contributed by atoms with Gasteiger partial charge in [-0.3, -0.25) is 0 Å². The van der Waals surface area contributed by atoms with Gasteiger partial charge in [-0.25, -0.2) is 36.3 Å². The molecule has 2 fully saturated rings. The van der Waals surface area contributed by atoms with Crippen molar-refractivity contribution in [1.29, 1.82) is 0 Å². The lowest BCUT2D eigenvalue weighted by molar-refractivity contribution is -0.0375. The van der Waals surface area contributed by atoms with Crippen LogP contribution >= 0.6 is 0 Å². The number of halogens is 6. The summed E-state index contributed by atoms with van der Waals surface area (Å²) in [6, 6.07) is 0. The molecular formula is C14H15F6N3O. The van der Waals surface area contributed by atoms with Crippen LogP contribution in [0.2, 0.25) is 0 Å². The normalized spacial score (nSPS) is 21.6. The van der Waals surface area contributed by atoms with Gasteiger partial charge in [0.1, 0.15) is 5.82 Å². The number of aromatic nitrogens is 2. The molecule has 1 aromatic rings. The third kappa shape index (κ3) is 3.36. The largest absolute Gasteiger partial charge is 0.470 e. The molecule has 134 valence electrons. The van der Waals surface area contributed by atoms with Crippen LogP contribution in [0.5, 0.6) is 5.88 Å². The summed E-state index contributed by atoms with van der Waals surface area (Å²) in [6.45, 7) is -1.10. The maximum Gasteiger partial charge on any atom is 0.285 e. The number of alkyl halides is 6. The number of rotatable bonds is 5. The summed E-state index contributed by atoms with van der Waals surface area (Å²) in [4.78, 5) is 8.97. The first kappa shape index (κ1) is 17.1. The Balaban J connectivity index is 1.85. The van der Waals surface area contributed by atoms with Crippen LogP contribution in [-0.2, 0) is 0 Å². The molecule has 10 heteroatoms. The molecule has 0 radical (unpaired) electrons. The Labute approximate surface area is 133 Å². The highest BCUT2D eigenvalue weighted by atomic mass is 19.3. The van der Waals surface area contributed by atoms with Crippen molar-refractivity contribution in [2.75, 3.05) is 18.1 Å². The molecule has 1 spiro atoms. The summed E-state index contributed by atoms with van der Waals surface area (Å²) in [5.41, 5.74) is -1.64. The minimum atomic E-state index is -3.08. The van der Waals surface area contributed by atoms with Crippen molar-refractivity contribution >= 4 is 5.82 Å². The predicted octanol–water partition coefficient (Wildman–Crippen LogP) is 3.83. The zero-order chi connectivity index (χ0) is 17.5. The van der Waals surface area contributed by atoms with Gasteiger partial charge in [-0.15, -0.1) is 0 Å². The summed E-state index contributed by atoms with van der Waals surface area (Å²) in [6.07, 6.45) is -4.51. The highest BCUT2D eigenvalue weighted by Gasteiger charge is 2.57. The van der Waals surface area contributed by atoms with Crippen molar-refractivity contribution in [1.82, 2.24) is 9.97 Å². The standard InChI is InChI=1S/C14H15F6N3O/c15-8(16)6-24-12-10(11(17)18)22-9(5-21-12)23-4-3-14(19,20)7-13(23)1-2-13/h5,8,11H,1-4,6-7H2. The molecule has 0 amide bonds. The van der Waals surface area contributed by atoms with Crippen molar-refractivity contribution in [3.63, 3.8) is 0 Å². The number of piperidine rings is 1. The number of hydrogen-bond donors (Lipinski definition) is 0. The van der Waals surface area contributed by atoms with Gasteiger partial charge in [0.25, 0.3) is 18.8 Å². The molecule has 0 N–H and O–H groups in total. The lowest BCUT2D eigenvalue weighted by atomic mass is 9.96. The van der Waals surface area contributed by atoms with Crippen LogP contribution in [0.1, 0.15) is 37.8 Å². The number of ether oxygens (including phenoxy) is 1. The number of nitrogens with zero attached hydrogens (tertiary/aromatic N) is 3. The second kappa shape index (κ2) is 5.96. The minimum absolute atomic E-state index is 0.0262. The molecule has 4 nitrogen and oxygen atoms in total. The molecule has 2 aliphatic rings. The Kier molecular flexibility index (Phi) is 4.25. The van der Waals surface area contributed by atoms with Gasteiger partial charge in [-0.2, -0.15) is 0 Å². The highest BCUT2D eigenvalue weighted by molar-refractivity contribution is 5.47. The second-order valence-electron chi connectivity index (χ2n) is 6.08. The van der Waals surface area contributed by atoms with Crippen LogP contribution in [0.3, 0.4) is 0 Å². The lowest BCUT2D eigenvalue weighted by Crippen LogP contribution is -2.49. The van der Waals surface area contributed by atoms with E-state index in [1.165, 1.54) is 0 Å². The van der Waals surface area contributed by atoms with E-state index < -0.39 is 48.9 Å². The van der Waals surface area contributed by atoms with Gasteiger partial charge >= 0.3 is 0 Å². The van der Waals surface area contributed by atoms with E-state index in [9.17, 15) is 26.3 Å². The zero-order valence-corrected chi connectivity index (χ0v) is 12.5. The van der Waals surface area contributed by atoms with Crippen LogP contribution in [0, 0.1) is 0 Å². The average molecular weight is 355 g/mol. The maximum atomic E-state index is 13.6. The molecule has 0 unspecified atom stereocenters. The molecular weight excluding hydrogens is 340 g/mol. The molecule has 2 heterocycles. The van der Waals surface area contributed by atoms with E-state index >= 15 is 0 Å². The predicted molar refractivity (Wildman–Crippen MR) is 72.0 cm³/mol. The van der Waals surface area contributed by atoms with Crippen LogP contribution < -0.4 is 9.64 Å². The second-order valence-corrected chi connectivity index (χ2v) is 6.08. The molecule has 1 aliphatic heterocycles. The molecule has 1 saturated carbocycles. The molecule has 1 aliphatic carbocycles. The van der Waals surface area contributed by atoms with Gasteiger partial charge < -0.3 is 9.64 Å². The molecule has 1 aromatic heterocycles. The van der Waals surface area contributed by atoms with Gasteiger partial charge in [-0.1, -0.05) is 0 Å². The Morgan fingerprint density at radius 3 is 2.46 bits per heavy atom. The molecule has 0 aromatic carbocycles. The molecule has 0 bridgehead atoms. The fourth-order valence-electron chi connectivity index (χ4n) is 3.03. The van der Waals surface area contributed by atoms with E-state index in [1.807, 2.05) is 0 Å². The summed E-state index contributed by atoms with van der Waals surface area (Å²) in [5.74, 6) is -3.41. The highest BCUT2D eigenvalue weighted by Crippen LogP contribution is 2.53. The van der Waals surface area contributed by atoms with Crippen molar-refractivity contribution in [2.45, 2.75) is 50.0 Å². The van der Waals surface area contributed by atoms with Gasteiger partial charge in [0.05, 0.1) is 6.20 Å². The quantitative estimate of drug-likeness (QED) is 0.753. The van der Waals surface area contributed by atoms with Crippen LogP contribution in [0.15, 0.2) is 6.20 Å². The smallest absolute Gasteiger partial charge is 0.285 e. The molecule has 24 heavy (non-hydrogen) atoms. The maximum absolute atomic E-state index is 13.6. The summed E-state index contributed by atoms with van der Waals surface area (Å²) in [7, 11) is 0. The number of anilines is 1. The number of hydrogen-bond acceptors (Lipinski definition) is 4. The summed E-state index contributed by atoms with van der Waals surface area (Å²) in [5, 5.41) is 0. The van der Waals surface area contributed by atoms with E-state index in [2.05, 4.69) is 14.7 Å². The van der Waals surface area contributed by atoms with E-state index in [0.717, 1.165) is 6.20 Å². The fourth-order valence-corrected chi connectivity index (χ4v) is 3.03. The van der Waals surface area contributed by atoms with Crippen molar-refractivity contribution < 1.29 is 31.1 Å². The van der Waals surface area contributed by atoms with Crippen LogP contribution in [0.4, 0.5) is 32.2 Å². The Morgan fingerprint density at radius 2 is 1.88 bits per heavy atom. The van der Waals surface area contributed by atoms with E-state index in [1.54, 1.807) is 4.90 Å². The first-order valence-electron chi connectivity index (χ1n) is 7.44. The van der Waals surface area contributed by atoms with Crippen LogP contribution in [-0.4, -0.2) is 41.0 Å². The third-order valence-electron chi connectivity index (χ3n) is 4.27. The zero-order valence-electron chi connectivity index (χ0n) is 12.5. The van der Waals surface area contributed by atoms with Gasteiger partial charge in [0.2, 0.25) is 5.88 Å². The Morgan fingerprint density at radius 1 is 1.17 bits per heavy atom. The van der Waals surface area contributed by atoms with Crippen molar-refractivity contribution in [2.24, 2.45) is 0 Å². The average Bonchev–Trinajstić information content (AvgIpc) is 3.23. The minimum Gasteiger partial charge on any atom is -0.470 e. The fraction of sp³-hybridized carbons (Fsp3) is 0.714. The van der Waals surface area contributed by atoms with E-state index in [-0.39, 0.29) is 18.8 Å². The van der Waals surface area contributed by atoms with Crippen molar-refractivity contribution in [3.8, 4) is 5.88 Å². The van der Waals surface area contributed by atoms with E-state index in [4.69, 9.17) is 0 Å². The lowest BCUT2D eigenvalue weighted by Gasteiger charge is -2.40. The SMILES string of the molecule is FC(F)COc1ncc(N2CCC(F)(F)CC23CC3)nc1C(F)F. The Bertz CT molecular complexity index is 608. The third-order valence-corrected chi connectivity index (χ3v) is 4.27. The first-order chi connectivity index (χ1) is 11.2. The summed E-state index contributed by atoms with van der Waals surface area (Å²) >= 11 is 0. The molecule has 0 atom stereocenters. The molecule has 3 rings (SSSR count). The first-order valence-corrected chi connectivity index (χ1v) is 7.44.